The molecule has 1 N–H and O–H groups in total. The van der Waals surface area contributed by atoms with Crippen molar-refractivity contribution >= 4 is 54.8 Å². The molecular formula is C11H7Br2ClOS. The van der Waals surface area contributed by atoms with Crippen molar-refractivity contribution in [1.29, 1.82) is 0 Å². The van der Waals surface area contributed by atoms with Gasteiger partial charge in [-0.05, 0) is 45.6 Å². The standard InChI is InChI=1S/C11H7Br2ClOS/c12-8-2-1-6(14)5-7(8)10(15)11-9(13)3-4-16-11/h1-5,10,15H. The van der Waals surface area contributed by atoms with Gasteiger partial charge in [-0.25, -0.2) is 0 Å². The molecule has 1 aromatic heterocycles. The highest BCUT2D eigenvalue weighted by Gasteiger charge is 2.17. The predicted molar refractivity (Wildman–Crippen MR) is 75.2 cm³/mol. The minimum absolute atomic E-state index is 0.616. The molecule has 5 heteroatoms. The lowest BCUT2D eigenvalue weighted by atomic mass is 10.1. The lowest BCUT2D eigenvalue weighted by Crippen LogP contribution is -1.99. The Morgan fingerprint density at radius 3 is 2.56 bits per heavy atom. The van der Waals surface area contributed by atoms with Crippen LogP contribution >= 0.6 is 54.8 Å². The van der Waals surface area contributed by atoms with Crippen LogP contribution in [0.1, 0.15) is 16.5 Å². The Morgan fingerprint density at radius 2 is 1.94 bits per heavy atom. The fraction of sp³-hybridized carbons (Fsp3) is 0.0909. The third-order valence-electron chi connectivity index (χ3n) is 2.15. The van der Waals surface area contributed by atoms with Crippen LogP contribution < -0.4 is 0 Å². The number of thiophene rings is 1. The lowest BCUT2D eigenvalue weighted by molar-refractivity contribution is 0.222. The first-order valence-electron chi connectivity index (χ1n) is 4.45. The number of aliphatic hydroxyl groups is 1. The monoisotopic (exact) mass is 380 g/mol. The Balaban J connectivity index is 2.45. The minimum Gasteiger partial charge on any atom is -0.383 e. The SMILES string of the molecule is OC(c1cc(Cl)ccc1Br)c1sccc1Br. The summed E-state index contributed by atoms with van der Waals surface area (Å²) in [4.78, 5) is 0.878. The second kappa shape index (κ2) is 5.19. The third-order valence-corrected chi connectivity index (χ3v) is 5.03. The molecular weight excluding hydrogens is 375 g/mol. The van der Waals surface area contributed by atoms with E-state index >= 15 is 0 Å². The maximum Gasteiger partial charge on any atom is 0.115 e. The summed E-state index contributed by atoms with van der Waals surface area (Å²) in [5.74, 6) is 0. The summed E-state index contributed by atoms with van der Waals surface area (Å²) in [6.45, 7) is 0. The van der Waals surface area contributed by atoms with Gasteiger partial charge in [0.15, 0.2) is 0 Å². The molecule has 1 nitrogen and oxygen atoms in total. The zero-order valence-electron chi connectivity index (χ0n) is 7.95. The van der Waals surface area contributed by atoms with Crippen molar-refractivity contribution in [1.82, 2.24) is 0 Å². The van der Waals surface area contributed by atoms with Crippen molar-refractivity contribution in [2.24, 2.45) is 0 Å². The van der Waals surface area contributed by atoms with E-state index in [0.717, 1.165) is 19.4 Å². The molecule has 1 heterocycles. The molecule has 0 amide bonds. The molecule has 0 saturated heterocycles. The molecule has 1 aromatic carbocycles. The maximum absolute atomic E-state index is 10.3. The van der Waals surface area contributed by atoms with Crippen LogP contribution in [0.3, 0.4) is 0 Å². The highest BCUT2D eigenvalue weighted by Crippen LogP contribution is 2.36. The van der Waals surface area contributed by atoms with E-state index in [9.17, 15) is 5.11 Å². The van der Waals surface area contributed by atoms with E-state index in [0.29, 0.717) is 5.02 Å². The smallest absolute Gasteiger partial charge is 0.115 e. The Labute approximate surface area is 119 Å². The van der Waals surface area contributed by atoms with Crippen molar-refractivity contribution in [3.63, 3.8) is 0 Å². The van der Waals surface area contributed by atoms with Gasteiger partial charge in [0.2, 0.25) is 0 Å². The zero-order chi connectivity index (χ0) is 11.7. The van der Waals surface area contributed by atoms with E-state index in [2.05, 4.69) is 31.9 Å². The van der Waals surface area contributed by atoms with Crippen LogP contribution in [0.15, 0.2) is 38.6 Å². The summed E-state index contributed by atoms with van der Waals surface area (Å²) >= 11 is 14.2. The van der Waals surface area contributed by atoms with Crippen LogP contribution in [0.2, 0.25) is 5.02 Å². The van der Waals surface area contributed by atoms with Gasteiger partial charge in [0.1, 0.15) is 6.10 Å². The van der Waals surface area contributed by atoms with E-state index in [1.165, 1.54) is 11.3 Å². The van der Waals surface area contributed by atoms with Crippen LogP contribution in [-0.4, -0.2) is 5.11 Å². The molecule has 16 heavy (non-hydrogen) atoms. The summed E-state index contributed by atoms with van der Waals surface area (Å²) < 4.78 is 1.77. The van der Waals surface area contributed by atoms with Crippen molar-refractivity contribution < 1.29 is 5.11 Å². The predicted octanol–water partition coefficient (Wildman–Crippen LogP) is 5.01. The largest absolute Gasteiger partial charge is 0.383 e. The van der Waals surface area contributed by atoms with Gasteiger partial charge in [0.25, 0.3) is 0 Å². The molecule has 0 aliphatic heterocycles. The molecule has 0 aliphatic carbocycles. The molecule has 0 bridgehead atoms. The Hall–Kier alpha value is 0.130. The zero-order valence-corrected chi connectivity index (χ0v) is 12.7. The van der Waals surface area contributed by atoms with Crippen LogP contribution in [0.25, 0.3) is 0 Å². The van der Waals surface area contributed by atoms with E-state index in [-0.39, 0.29) is 0 Å². The second-order valence-corrected chi connectivity index (χ2v) is 6.29. The first-order chi connectivity index (χ1) is 7.59. The van der Waals surface area contributed by atoms with Gasteiger partial charge in [-0.15, -0.1) is 11.3 Å². The molecule has 0 fully saturated rings. The molecule has 0 aliphatic rings. The maximum atomic E-state index is 10.3. The van der Waals surface area contributed by atoms with Gasteiger partial charge >= 0.3 is 0 Å². The first kappa shape index (κ1) is 12.6. The van der Waals surface area contributed by atoms with Gasteiger partial charge in [-0.2, -0.15) is 0 Å². The summed E-state index contributed by atoms with van der Waals surface area (Å²) in [5, 5.41) is 12.8. The second-order valence-electron chi connectivity index (χ2n) is 3.20. The molecule has 0 radical (unpaired) electrons. The quantitative estimate of drug-likeness (QED) is 0.774. The first-order valence-corrected chi connectivity index (χ1v) is 7.30. The summed E-state index contributed by atoms with van der Waals surface area (Å²) in [7, 11) is 0. The number of hydrogen-bond acceptors (Lipinski definition) is 2. The summed E-state index contributed by atoms with van der Waals surface area (Å²) in [6, 6.07) is 7.30. The highest BCUT2D eigenvalue weighted by atomic mass is 79.9. The lowest BCUT2D eigenvalue weighted by Gasteiger charge is -2.12. The minimum atomic E-state index is -0.664. The Morgan fingerprint density at radius 1 is 1.19 bits per heavy atom. The fourth-order valence-corrected chi connectivity index (χ4v) is 3.60. The number of rotatable bonds is 2. The van der Waals surface area contributed by atoms with Gasteiger partial charge in [0, 0.05) is 19.5 Å². The van der Waals surface area contributed by atoms with Gasteiger partial charge < -0.3 is 5.11 Å². The molecule has 84 valence electrons. The fourth-order valence-electron chi connectivity index (χ4n) is 1.37. The van der Waals surface area contributed by atoms with Crippen molar-refractivity contribution in [2.75, 3.05) is 0 Å². The Kier molecular flexibility index (Phi) is 4.08. The summed E-state index contributed by atoms with van der Waals surface area (Å²) in [6.07, 6.45) is -0.664. The average Bonchev–Trinajstić information content (AvgIpc) is 2.67. The van der Waals surface area contributed by atoms with E-state index in [1.807, 2.05) is 17.5 Å². The molecule has 1 atom stereocenters. The number of halogens is 3. The van der Waals surface area contributed by atoms with Crippen LogP contribution in [0.5, 0.6) is 0 Å². The average molecular weight is 383 g/mol. The van der Waals surface area contributed by atoms with Crippen molar-refractivity contribution in [3.05, 3.63) is 54.1 Å². The van der Waals surface area contributed by atoms with E-state index in [4.69, 9.17) is 11.6 Å². The molecule has 2 rings (SSSR count). The highest BCUT2D eigenvalue weighted by molar-refractivity contribution is 9.10. The van der Waals surface area contributed by atoms with Crippen molar-refractivity contribution in [2.45, 2.75) is 6.10 Å². The number of hydrogen-bond donors (Lipinski definition) is 1. The van der Waals surface area contributed by atoms with Crippen LogP contribution in [-0.2, 0) is 0 Å². The van der Waals surface area contributed by atoms with E-state index in [1.54, 1.807) is 12.1 Å². The van der Waals surface area contributed by atoms with Gasteiger partial charge in [-0.1, -0.05) is 27.5 Å². The van der Waals surface area contributed by atoms with Crippen molar-refractivity contribution in [3.8, 4) is 0 Å². The van der Waals surface area contributed by atoms with Crippen LogP contribution in [0.4, 0.5) is 0 Å². The van der Waals surface area contributed by atoms with Crippen LogP contribution in [0, 0.1) is 0 Å². The normalized spacial score (nSPS) is 12.8. The van der Waals surface area contributed by atoms with E-state index < -0.39 is 6.10 Å². The summed E-state index contributed by atoms with van der Waals surface area (Å²) in [5.41, 5.74) is 0.774. The molecule has 0 spiro atoms. The third kappa shape index (κ3) is 2.51. The number of benzene rings is 1. The van der Waals surface area contributed by atoms with Gasteiger partial charge in [0.05, 0.1) is 4.88 Å². The topological polar surface area (TPSA) is 20.2 Å². The molecule has 0 saturated carbocycles. The molecule has 1 unspecified atom stereocenters. The van der Waals surface area contributed by atoms with Gasteiger partial charge in [-0.3, -0.25) is 0 Å². The molecule has 2 aromatic rings. The Bertz CT molecular complexity index is 512. The number of aliphatic hydroxyl groups excluding tert-OH is 1.